The zero-order chi connectivity index (χ0) is 13.2. The lowest BCUT2D eigenvalue weighted by Crippen LogP contribution is -2.16. The Morgan fingerprint density at radius 3 is 2.72 bits per heavy atom. The topological polar surface area (TPSA) is 98.0 Å². The Hall–Kier alpha value is -2.15. The number of hydrogen-bond donors (Lipinski definition) is 2. The maximum Gasteiger partial charge on any atom is 0.265 e. The average Bonchev–Trinajstić information content (AvgIpc) is 2.32. The van der Waals surface area contributed by atoms with Gasteiger partial charge < -0.3 is 5.73 Å². The van der Waals surface area contributed by atoms with Crippen LogP contribution in [-0.4, -0.2) is 18.4 Å². The van der Waals surface area contributed by atoms with E-state index in [4.69, 9.17) is 5.73 Å². The molecule has 0 spiro atoms. The highest BCUT2D eigenvalue weighted by Crippen LogP contribution is 2.20. The van der Waals surface area contributed by atoms with Gasteiger partial charge in [0.15, 0.2) is 0 Å². The normalized spacial score (nSPS) is 11.2. The minimum atomic E-state index is -3.74. The van der Waals surface area contributed by atoms with Crippen LogP contribution in [0.4, 0.5) is 11.5 Å². The van der Waals surface area contributed by atoms with E-state index in [-0.39, 0.29) is 10.7 Å². The van der Waals surface area contributed by atoms with Crippen LogP contribution >= 0.6 is 0 Å². The quantitative estimate of drug-likeness (QED) is 0.867. The van der Waals surface area contributed by atoms with E-state index in [2.05, 4.69) is 14.7 Å². The van der Waals surface area contributed by atoms with Crippen molar-refractivity contribution in [2.24, 2.45) is 0 Å². The summed E-state index contributed by atoms with van der Waals surface area (Å²) >= 11 is 0. The first-order valence-corrected chi connectivity index (χ1v) is 6.63. The van der Waals surface area contributed by atoms with E-state index < -0.39 is 10.0 Å². The van der Waals surface area contributed by atoms with Crippen LogP contribution in [0.3, 0.4) is 0 Å². The molecule has 2 aromatic rings. The van der Waals surface area contributed by atoms with Crippen LogP contribution < -0.4 is 10.5 Å². The molecule has 7 heteroatoms. The largest absolute Gasteiger partial charge is 0.383 e. The van der Waals surface area contributed by atoms with Gasteiger partial charge in [-0.25, -0.2) is 13.4 Å². The lowest BCUT2D eigenvalue weighted by atomic mass is 10.3. The maximum absolute atomic E-state index is 12.1. The van der Waals surface area contributed by atoms with E-state index in [1.54, 1.807) is 19.2 Å². The number of anilines is 2. The van der Waals surface area contributed by atoms with Crippen molar-refractivity contribution in [3.63, 3.8) is 0 Å². The number of hydrogen-bond acceptors (Lipinski definition) is 5. The number of nitrogens with zero attached hydrogens (tertiary/aromatic N) is 2. The molecule has 0 aliphatic rings. The summed E-state index contributed by atoms with van der Waals surface area (Å²) in [6, 6.07) is 4.63. The first-order valence-electron chi connectivity index (χ1n) is 5.14. The number of sulfonamides is 1. The van der Waals surface area contributed by atoms with E-state index in [0.717, 1.165) is 5.56 Å². The molecule has 0 atom stereocenters. The predicted molar refractivity (Wildman–Crippen MR) is 68.4 cm³/mol. The summed E-state index contributed by atoms with van der Waals surface area (Å²) in [5.41, 5.74) is 6.74. The van der Waals surface area contributed by atoms with Gasteiger partial charge in [-0.15, -0.1) is 0 Å². The molecule has 3 N–H and O–H groups in total. The number of aryl methyl sites for hydroxylation is 1. The molecule has 18 heavy (non-hydrogen) atoms. The third-order valence-electron chi connectivity index (χ3n) is 2.37. The zero-order valence-corrected chi connectivity index (χ0v) is 10.5. The highest BCUT2D eigenvalue weighted by Gasteiger charge is 2.18. The molecule has 0 aliphatic carbocycles. The second kappa shape index (κ2) is 4.61. The molecular formula is C11H12N4O2S. The molecule has 0 amide bonds. The first-order chi connectivity index (χ1) is 8.50. The third kappa shape index (κ3) is 2.40. The van der Waals surface area contributed by atoms with E-state index in [1.165, 1.54) is 24.5 Å². The number of nitrogens with one attached hydrogen (secondary N) is 1. The predicted octanol–water partition coefficient (Wildman–Crippen LogP) is 1.17. The third-order valence-corrected chi connectivity index (χ3v) is 3.79. The first kappa shape index (κ1) is 12.3. The number of pyridine rings is 2. The lowest BCUT2D eigenvalue weighted by Gasteiger charge is -2.10. The highest BCUT2D eigenvalue weighted by atomic mass is 32.2. The fraction of sp³-hybridized carbons (Fsp3) is 0.0909. The van der Waals surface area contributed by atoms with Gasteiger partial charge in [-0.05, 0) is 30.7 Å². The molecule has 0 aromatic carbocycles. The van der Waals surface area contributed by atoms with Gasteiger partial charge in [0.25, 0.3) is 10.0 Å². The molecule has 0 fully saturated rings. The molecule has 2 aromatic heterocycles. The fourth-order valence-electron chi connectivity index (χ4n) is 1.40. The Bertz CT molecular complexity index is 670. The molecule has 6 nitrogen and oxygen atoms in total. The summed E-state index contributed by atoms with van der Waals surface area (Å²) in [7, 11) is -3.74. The smallest absolute Gasteiger partial charge is 0.265 e. The molecule has 0 aliphatic heterocycles. The Labute approximate surface area is 105 Å². The molecule has 0 saturated carbocycles. The Morgan fingerprint density at radius 2 is 2.06 bits per heavy atom. The second-order valence-electron chi connectivity index (χ2n) is 3.68. The Balaban J connectivity index is 2.40. The van der Waals surface area contributed by atoms with Gasteiger partial charge in [-0.2, -0.15) is 0 Å². The SMILES string of the molecule is Cc1ccncc1NS(=O)(=O)c1cccnc1N. The molecule has 0 unspecified atom stereocenters. The van der Waals surface area contributed by atoms with Crippen LogP contribution in [-0.2, 0) is 10.0 Å². The van der Waals surface area contributed by atoms with E-state index in [1.807, 2.05) is 0 Å². The molecule has 0 radical (unpaired) electrons. The van der Waals surface area contributed by atoms with Crippen molar-refractivity contribution < 1.29 is 8.42 Å². The monoisotopic (exact) mass is 264 g/mol. The summed E-state index contributed by atoms with van der Waals surface area (Å²) in [4.78, 5) is 7.58. The van der Waals surface area contributed by atoms with Crippen LogP contribution in [0.1, 0.15) is 5.56 Å². The second-order valence-corrected chi connectivity index (χ2v) is 5.33. The van der Waals surface area contributed by atoms with Gasteiger partial charge in [0.2, 0.25) is 0 Å². The standard InChI is InChI=1S/C11H12N4O2S/c1-8-4-6-13-7-9(8)15-18(16,17)10-3-2-5-14-11(10)12/h2-7,15H,1H3,(H2,12,14). The van der Waals surface area contributed by atoms with Gasteiger partial charge >= 0.3 is 0 Å². The van der Waals surface area contributed by atoms with Gasteiger partial charge in [0.1, 0.15) is 10.7 Å². The van der Waals surface area contributed by atoms with E-state index >= 15 is 0 Å². The van der Waals surface area contributed by atoms with Crippen LogP contribution in [0.15, 0.2) is 41.7 Å². The Kier molecular flexibility index (Phi) is 3.15. The van der Waals surface area contributed by atoms with Crippen molar-refractivity contribution in [1.29, 1.82) is 0 Å². The highest BCUT2D eigenvalue weighted by molar-refractivity contribution is 7.92. The summed E-state index contributed by atoms with van der Waals surface area (Å²) in [5, 5.41) is 0. The van der Waals surface area contributed by atoms with Crippen molar-refractivity contribution >= 4 is 21.5 Å². The number of aromatic nitrogens is 2. The maximum atomic E-state index is 12.1. The fourth-order valence-corrected chi connectivity index (χ4v) is 2.60. The Morgan fingerprint density at radius 1 is 1.28 bits per heavy atom. The van der Waals surface area contributed by atoms with E-state index in [0.29, 0.717) is 5.69 Å². The molecule has 94 valence electrons. The number of nitrogens with two attached hydrogens (primary N) is 1. The van der Waals surface area contributed by atoms with Gasteiger partial charge in [0.05, 0.1) is 11.9 Å². The van der Waals surface area contributed by atoms with Crippen molar-refractivity contribution in [2.45, 2.75) is 11.8 Å². The van der Waals surface area contributed by atoms with Crippen molar-refractivity contribution in [2.75, 3.05) is 10.5 Å². The minimum absolute atomic E-state index is 0.0356. The minimum Gasteiger partial charge on any atom is -0.383 e. The molecule has 2 heterocycles. The van der Waals surface area contributed by atoms with Gasteiger partial charge in [0, 0.05) is 12.4 Å². The summed E-state index contributed by atoms with van der Waals surface area (Å²) in [5.74, 6) is -0.0356. The number of rotatable bonds is 3. The molecular weight excluding hydrogens is 252 g/mol. The molecule has 0 saturated heterocycles. The van der Waals surface area contributed by atoms with Gasteiger partial charge in [-0.1, -0.05) is 0 Å². The average molecular weight is 264 g/mol. The van der Waals surface area contributed by atoms with Gasteiger partial charge in [-0.3, -0.25) is 9.71 Å². The molecule has 0 bridgehead atoms. The van der Waals surface area contributed by atoms with Crippen LogP contribution in [0.25, 0.3) is 0 Å². The summed E-state index contributed by atoms with van der Waals surface area (Å²) in [6.07, 6.45) is 4.47. The van der Waals surface area contributed by atoms with E-state index in [9.17, 15) is 8.42 Å². The van der Waals surface area contributed by atoms with Crippen LogP contribution in [0, 0.1) is 6.92 Å². The van der Waals surface area contributed by atoms with Crippen LogP contribution in [0.2, 0.25) is 0 Å². The lowest BCUT2D eigenvalue weighted by molar-refractivity contribution is 0.601. The van der Waals surface area contributed by atoms with Crippen molar-refractivity contribution in [3.05, 3.63) is 42.4 Å². The zero-order valence-electron chi connectivity index (χ0n) is 9.66. The summed E-state index contributed by atoms with van der Waals surface area (Å²) < 4.78 is 26.7. The summed E-state index contributed by atoms with van der Waals surface area (Å²) in [6.45, 7) is 1.78. The number of nitrogen functional groups attached to an aromatic ring is 1. The van der Waals surface area contributed by atoms with Crippen LogP contribution in [0.5, 0.6) is 0 Å². The van der Waals surface area contributed by atoms with Crippen molar-refractivity contribution in [3.8, 4) is 0 Å². The van der Waals surface area contributed by atoms with Crippen molar-refractivity contribution in [1.82, 2.24) is 9.97 Å². The molecule has 2 rings (SSSR count).